The minimum Gasteiger partial charge on any atom is -0.508 e. The monoisotopic (exact) mass is 277 g/mol. The SMILES string of the molecule is Cc1cc(NC(=O)c2ccc(F)c(F)c2)c(C)cc1O. The molecule has 20 heavy (non-hydrogen) atoms. The Hall–Kier alpha value is -2.43. The molecule has 0 bridgehead atoms. The lowest BCUT2D eigenvalue weighted by Crippen LogP contribution is -2.13. The average Bonchev–Trinajstić information content (AvgIpc) is 2.39. The van der Waals surface area contributed by atoms with Crippen molar-refractivity contribution in [2.75, 3.05) is 5.32 Å². The Morgan fingerprint density at radius 2 is 1.75 bits per heavy atom. The van der Waals surface area contributed by atoms with Crippen LogP contribution in [0.4, 0.5) is 14.5 Å². The van der Waals surface area contributed by atoms with Gasteiger partial charge in [0, 0.05) is 11.3 Å². The zero-order valence-corrected chi connectivity index (χ0v) is 11.0. The van der Waals surface area contributed by atoms with Crippen LogP contribution >= 0.6 is 0 Å². The summed E-state index contributed by atoms with van der Waals surface area (Å²) in [4.78, 5) is 12.0. The first-order valence-electron chi connectivity index (χ1n) is 5.95. The maximum absolute atomic E-state index is 13.1. The minimum atomic E-state index is -1.07. The van der Waals surface area contributed by atoms with Crippen molar-refractivity contribution in [3.8, 4) is 5.75 Å². The summed E-state index contributed by atoms with van der Waals surface area (Å²) in [6.45, 7) is 3.42. The fourth-order valence-electron chi connectivity index (χ4n) is 1.77. The molecular formula is C15H13F2NO2. The number of phenols is 1. The first-order chi connectivity index (χ1) is 9.38. The van der Waals surface area contributed by atoms with Gasteiger partial charge in [0.1, 0.15) is 5.75 Å². The van der Waals surface area contributed by atoms with E-state index in [0.29, 0.717) is 16.8 Å². The van der Waals surface area contributed by atoms with E-state index in [1.807, 2.05) is 0 Å². The highest BCUT2D eigenvalue weighted by Gasteiger charge is 2.12. The molecule has 5 heteroatoms. The molecule has 0 aliphatic carbocycles. The van der Waals surface area contributed by atoms with Gasteiger partial charge in [-0.2, -0.15) is 0 Å². The first-order valence-corrected chi connectivity index (χ1v) is 5.95. The number of benzene rings is 2. The molecule has 1 amide bonds. The summed E-state index contributed by atoms with van der Waals surface area (Å²) in [6, 6.07) is 6.08. The maximum Gasteiger partial charge on any atom is 0.255 e. The van der Waals surface area contributed by atoms with Gasteiger partial charge < -0.3 is 10.4 Å². The van der Waals surface area contributed by atoms with Crippen molar-refractivity contribution in [1.82, 2.24) is 0 Å². The third-order valence-electron chi connectivity index (χ3n) is 2.97. The summed E-state index contributed by atoms with van der Waals surface area (Å²) < 4.78 is 25.9. The predicted molar refractivity (Wildman–Crippen MR) is 71.9 cm³/mol. The average molecular weight is 277 g/mol. The van der Waals surface area contributed by atoms with Crippen molar-refractivity contribution in [1.29, 1.82) is 0 Å². The van der Waals surface area contributed by atoms with Crippen LogP contribution in [0.5, 0.6) is 5.75 Å². The number of carbonyl (C=O) groups is 1. The molecule has 0 heterocycles. The summed E-state index contributed by atoms with van der Waals surface area (Å²) in [5.74, 6) is -2.49. The molecule has 0 radical (unpaired) electrons. The highest BCUT2D eigenvalue weighted by molar-refractivity contribution is 6.04. The summed E-state index contributed by atoms with van der Waals surface area (Å²) in [7, 11) is 0. The van der Waals surface area contributed by atoms with Gasteiger partial charge in [-0.3, -0.25) is 4.79 Å². The third-order valence-corrected chi connectivity index (χ3v) is 2.97. The predicted octanol–water partition coefficient (Wildman–Crippen LogP) is 3.54. The molecule has 0 saturated carbocycles. The van der Waals surface area contributed by atoms with Crippen LogP contribution in [0.15, 0.2) is 30.3 Å². The molecule has 2 rings (SSSR count). The summed E-state index contributed by atoms with van der Waals surface area (Å²) in [5, 5.41) is 12.1. The Balaban J connectivity index is 2.27. The Morgan fingerprint density at radius 1 is 1.05 bits per heavy atom. The van der Waals surface area contributed by atoms with E-state index in [9.17, 15) is 18.7 Å². The molecule has 3 nitrogen and oxygen atoms in total. The van der Waals surface area contributed by atoms with E-state index in [1.54, 1.807) is 19.9 Å². The molecule has 0 aliphatic rings. The Kier molecular flexibility index (Phi) is 3.70. The lowest BCUT2D eigenvalue weighted by atomic mass is 10.1. The fraction of sp³-hybridized carbons (Fsp3) is 0.133. The van der Waals surface area contributed by atoms with E-state index in [0.717, 1.165) is 12.1 Å². The smallest absolute Gasteiger partial charge is 0.255 e. The van der Waals surface area contributed by atoms with E-state index < -0.39 is 17.5 Å². The Labute approximate surface area is 114 Å². The van der Waals surface area contributed by atoms with Crippen molar-refractivity contribution in [2.24, 2.45) is 0 Å². The van der Waals surface area contributed by atoms with Crippen molar-refractivity contribution in [3.05, 3.63) is 58.7 Å². The van der Waals surface area contributed by atoms with Crippen LogP contribution in [-0.4, -0.2) is 11.0 Å². The Morgan fingerprint density at radius 3 is 2.40 bits per heavy atom. The van der Waals surface area contributed by atoms with Gasteiger partial charge >= 0.3 is 0 Å². The van der Waals surface area contributed by atoms with Crippen LogP contribution < -0.4 is 5.32 Å². The van der Waals surface area contributed by atoms with E-state index >= 15 is 0 Å². The third kappa shape index (κ3) is 2.77. The van der Waals surface area contributed by atoms with Gasteiger partial charge in [0.25, 0.3) is 5.91 Å². The van der Waals surface area contributed by atoms with Crippen molar-refractivity contribution < 1.29 is 18.7 Å². The first kappa shape index (κ1) is 14.0. The Bertz CT molecular complexity index is 684. The van der Waals surface area contributed by atoms with Crippen molar-refractivity contribution in [2.45, 2.75) is 13.8 Å². The zero-order valence-electron chi connectivity index (χ0n) is 11.0. The van der Waals surface area contributed by atoms with Crippen LogP contribution in [0.1, 0.15) is 21.5 Å². The van der Waals surface area contributed by atoms with Crippen LogP contribution in [-0.2, 0) is 0 Å². The van der Waals surface area contributed by atoms with Crippen LogP contribution in [0.25, 0.3) is 0 Å². The van der Waals surface area contributed by atoms with Gasteiger partial charge in [-0.05, 0) is 55.3 Å². The number of nitrogens with one attached hydrogen (secondary N) is 1. The lowest BCUT2D eigenvalue weighted by molar-refractivity contribution is 0.102. The number of hydrogen-bond acceptors (Lipinski definition) is 2. The van der Waals surface area contributed by atoms with E-state index in [4.69, 9.17) is 0 Å². The molecule has 0 atom stereocenters. The highest BCUT2D eigenvalue weighted by atomic mass is 19.2. The summed E-state index contributed by atoms with van der Waals surface area (Å²) >= 11 is 0. The lowest BCUT2D eigenvalue weighted by Gasteiger charge is -2.11. The van der Waals surface area contributed by atoms with Crippen LogP contribution in [0, 0.1) is 25.5 Å². The van der Waals surface area contributed by atoms with Crippen molar-refractivity contribution >= 4 is 11.6 Å². The number of phenolic OH excluding ortho intramolecular Hbond substituents is 1. The number of aromatic hydroxyl groups is 1. The summed E-state index contributed by atoms with van der Waals surface area (Å²) in [5.41, 5.74) is 1.81. The standard InChI is InChI=1S/C15H13F2NO2/c1-8-6-14(19)9(2)5-13(8)18-15(20)10-3-4-11(16)12(17)7-10/h3-7,19H,1-2H3,(H,18,20). The second-order valence-corrected chi connectivity index (χ2v) is 4.54. The van der Waals surface area contributed by atoms with Gasteiger partial charge in [0.15, 0.2) is 11.6 Å². The number of amides is 1. The molecule has 2 N–H and O–H groups in total. The van der Waals surface area contributed by atoms with Gasteiger partial charge in [-0.15, -0.1) is 0 Å². The van der Waals surface area contributed by atoms with Gasteiger partial charge in [-0.1, -0.05) is 0 Å². The van der Waals surface area contributed by atoms with Crippen LogP contribution in [0.2, 0.25) is 0 Å². The molecule has 2 aromatic rings. The normalized spacial score (nSPS) is 10.4. The molecule has 2 aromatic carbocycles. The van der Waals surface area contributed by atoms with E-state index in [-0.39, 0.29) is 11.3 Å². The number of rotatable bonds is 2. The summed E-state index contributed by atoms with van der Waals surface area (Å²) in [6.07, 6.45) is 0. The van der Waals surface area contributed by atoms with E-state index in [1.165, 1.54) is 12.1 Å². The quantitative estimate of drug-likeness (QED) is 0.825. The largest absolute Gasteiger partial charge is 0.508 e. The van der Waals surface area contributed by atoms with Crippen LogP contribution in [0.3, 0.4) is 0 Å². The van der Waals surface area contributed by atoms with Crippen molar-refractivity contribution in [3.63, 3.8) is 0 Å². The van der Waals surface area contributed by atoms with Gasteiger partial charge in [0.2, 0.25) is 0 Å². The molecule has 104 valence electrons. The number of aryl methyl sites for hydroxylation is 2. The van der Waals surface area contributed by atoms with E-state index in [2.05, 4.69) is 5.32 Å². The molecule has 0 spiro atoms. The second kappa shape index (κ2) is 5.28. The highest BCUT2D eigenvalue weighted by Crippen LogP contribution is 2.25. The fourth-order valence-corrected chi connectivity index (χ4v) is 1.77. The molecule has 0 saturated heterocycles. The maximum atomic E-state index is 13.1. The molecule has 0 aromatic heterocycles. The molecule has 0 unspecified atom stereocenters. The molecule has 0 fully saturated rings. The molecular weight excluding hydrogens is 264 g/mol. The topological polar surface area (TPSA) is 49.3 Å². The number of hydrogen-bond donors (Lipinski definition) is 2. The van der Waals surface area contributed by atoms with Gasteiger partial charge in [-0.25, -0.2) is 8.78 Å². The number of carbonyl (C=O) groups excluding carboxylic acids is 1. The second-order valence-electron chi connectivity index (χ2n) is 4.54. The number of anilines is 1. The zero-order chi connectivity index (χ0) is 14.9. The number of halogens is 2. The molecule has 0 aliphatic heterocycles. The minimum absolute atomic E-state index is 0.0222. The van der Waals surface area contributed by atoms with Gasteiger partial charge in [0.05, 0.1) is 0 Å².